The lowest BCUT2D eigenvalue weighted by Crippen LogP contribution is -2.12. The molecule has 0 bridgehead atoms. The van der Waals surface area contributed by atoms with Gasteiger partial charge in [0.15, 0.2) is 0 Å². The summed E-state index contributed by atoms with van der Waals surface area (Å²) >= 11 is 5.85. The standard InChI is InChI=1S/C13H11ClFNO3/c1-18-13(17)10-6-5-9(19-10)12(16)7-3-2-4-8(15)11(7)14/h2-6,12H,16H2,1H3. The predicted molar refractivity (Wildman–Crippen MR) is 67.5 cm³/mol. The van der Waals surface area contributed by atoms with Gasteiger partial charge in [-0.05, 0) is 23.8 Å². The van der Waals surface area contributed by atoms with E-state index < -0.39 is 17.8 Å². The van der Waals surface area contributed by atoms with Crippen LogP contribution >= 0.6 is 11.6 Å². The van der Waals surface area contributed by atoms with Crippen LogP contribution in [0.4, 0.5) is 4.39 Å². The summed E-state index contributed by atoms with van der Waals surface area (Å²) in [4.78, 5) is 11.3. The Morgan fingerprint density at radius 1 is 1.42 bits per heavy atom. The summed E-state index contributed by atoms with van der Waals surface area (Å²) in [7, 11) is 1.24. The Balaban J connectivity index is 2.34. The topological polar surface area (TPSA) is 65.5 Å². The number of nitrogens with two attached hydrogens (primary N) is 1. The van der Waals surface area contributed by atoms with Gasteiger partial charge in [-0.2, -0.15) is 0 Å². The SMILES string of the molecule is COC(=O)c1ccc(C(N)c2cccc(F)c2Cl)o1. The molecular weight excluding hydrogens is 273 g/mol. The third-order valence-corrected chi connectivity index (χ3v) is 3.04. The van der Waals surface area contributed by atoms with Crippen molar-refractivity contribution in [1.82, 2.24) is 0 Å². The van der Waals surface area contributed by atoms with E-state index in [0.29, 0.717) is 11.3 Å². The molecule has 2 aromatic rings. The number of carbonyl (C=O) groups excluding carboxylic acids is 1. The smallest absolute Gasteiger partial charge is 0.373 e. The van der Waals surface area contributed by atoms with E-state index in [1.165, 1.54) is 31.4 Å². The summed E-state index contributed by atoms with van der Waals surface area (Å²) < 4.78 is 23.1. The molecule has 0 aliphatic heterocycles. The maximum Gasteiger partial charge on any atom is 0.373 e. The molecular formula is C13H11ClFNO3. The molecule has 1 unspecified atom stereocenters. The van der Waals surface area contributed by atoms with Gasteiger partial charge in [-0.25, -0.2) is 9.18 Å². The summed E-state index contributed by atoms with van der Waals surface area (Å²) in [6.45, 7) is 0. The van der Waals surface area contributed by atoms with Crippen LogP contribution < -0.4 is 5.73 Å². The van der Waals surface area contributed by atoms with E-state index in [1.807, 2.05) is 0 Å². The van der Waals surface area contributed by atoms with E-state index in [1.54, 1.807) is 6.07 Å². The lowest BCUT2D eigenvalue weighted by molar-refractivity contribution is 0.0562. The van der Waals surface area contributed by atoms with Crippen LogP contribution in [0.15, 0.2) is 34.7 Å². The molecule has 0 fully saturated rings. The minimum Gasteiger partial charge on any atom is -0.463 e. The van der Waals surface area contributed by atoms with Crippen LogP contribution in [-0.4, -0.2) is 13.1 Å². The van der Waals surface area contributed by atoms with Crippen LogP contribution in [0.1, 0.15) is 27.9 Å². The number of hydrogen-bond acceptors (Lipinski definition) is 4. The molecule has 0 spiro atoms. The highest BCUT2D eigenvalue weighted by atomic mass is 35.5. The fourth-order valence-electron chi connectivity index (χ4n) is 1.64. The Bertz CT molecular complexity index is 612. The highest BCUT2D eigenvalue weighted by Crippen LogP contribution is 2.29. The number of benzene rings is 1. The van der Waals surface area contributed by atoms with Crippen LogP contribution in [0.25, 0.3) is 0 Å². The summed E-state index contributed by atoms with van der Waals surface area (Å²) in [6.07, 6.45) is 0. The van der Waals surface area contributed by atoms with Crippen molar-refractivity contribution < 1.29 is 18.3 Å². The number of hydrogen-bond donors (Lipinski definition) is 1. The number of rotatable bonds is 3. The van der Waals surface area contributed by atoms with E-state index >= 15 is 0 Å². The molecule has 0 radical (unpaired) electrons. The Morgan fingerprint density at radius 3 is 2.84 bits per heavy atom. The van der Waals surface area contributed by atoms with Crippen molar-refractivity contribution in [2.24, 2.45) is 5.73 Å². The molecule has 1 atom stereocenters. The summed E-state index contributed by atoms with van der Waals surface area (Å²) in [5.41, 5.74) is 6.33. The van der Waals surface area contributed by atoms with Gasteiger partial charge in [0.25, 0.3) is 0 Å². The first-order chi connectivity index (χ1) is 9.04. The van der Waals surface area contributed by atoms with Gasteiger partial charge in [-0.3, -0.25) is 0 Å². The molecule has 0 saturated carbocycles. The number of halogens is 2. The molecule has 0 saturated heterocycles. The zero-order valence-corrected chi connectivity index (χ0v) is 10.8. The number of furan rings is 1. The molecule has 6 heteroatoms. The van der Waals surface area contributed by atoms with E-state index in [4.69, 9.17) is 21.8 Å². The lowest BCUT2D eigenvalue weighted by atomic mass is 10.1. The van der Waals surface area contributed by atoms with Gasteiger partial charge < -0.3 is 14.9 Å². The monoisotopic (exact) mass is 283 g/mol. The van der Waals surface area contributed by atoms with Crippen molar-refractivity contribution in [3.8, 4) is 0 Å². The molecule has 0 aliphatic rings. The highest BCUT2D eigenvalue weighted by Gasteiger charge is 2.20. The largest absolute Gasteiger partial charge is 0.463 e. The fraction of sp³-hybridized carbons (Fsp3) is 0.154. The van der Waals surface area contributed by atoms with Gasteiger partial charge in [0.2, 0.25) is 5.76 Å². The fourth-order valence-corrected chi connectivity index (χ4v) is 1.89. The molecule has 19 heavy (non-hydrogen) atoms. The van der Waals surface area contributed by atoms with Crippen molar-refractivity contribution in [2.75, 3.05) is 7.11 Å². The van der Waals surface area contributed by atoms with Crippen LogP contribution in [-0.2, 0) is 4.74 Å². The van der Waals surface area contributed by atoms with E-state index in [0.717, 1.165) is 0 Å². The van der Waals surface area contributed by atoms with Crippen LogP contribution in [0.5, 0.6) is 0 Å². The quantitative estimate of drug-likeness (QED) is 0.880. The van der Waals surface area contributed by atoms with Gasteiger partial charge in [-0.1, -0.05) is 23.7 Å². The molecule has 1 aromatic heterocycles. The van der Waals surface area contributed by atoms with Gasteiger partial charge in [0.05, 0.1) is 18.2 Å². The molecule has 2 rings (SSSR count). The normalized spacial score (nSPS) is 12.2. The summed E-state index contributed by atoms with van der Waals surface area (Å²) in [6, 6.07) is 6.53. The van der Waals surface area contributed by atoms with Crippen molar-refractivity contribution in [1.29, 1.82) is 0 Å². The zero-order valence-electron chi connectivity index (χ0n) is 10.0. The third-order valence-electron chi connectivity index (χ3n) is 2.64. The van der Waals surface area contributed by atoms with Crippen LogP contribution in [0.3, 0.4) is 0 Å². The molecule has 0 aliphatic carbocycles. The maximum atomic E-state index is 13.4. The van der Waals surface area contributed by atoms with Gasteiger partial charge in [0.1, 0.15) is 11.6 Å². The lowest BCUT2D eigenvalue weighted by Gasteiger charge is -2.11. The average molecular weight is 284 g/mol. The average Bonchev–Trinajstić information content (AvgIpc) is 2.90. The van der Waals surface area contributed by atoms with Crippen molar-refractivity contribution in [3.63, 3.8) is 0 Å². The van der Waals surface area contributed by atoms with E-state index in [2.05, 4.69) is 4.74 Å². The molecule has 1 aromatic carbocycles. The second-order valence-corrected chi connectivity index (χ2v) is 4.19. The molecule has 100 valence electrons. The van der Waals surface area contributed by atoms with Crippen molar-refractivity contribution in [3.05, 3.63) is 58.3 Å². The predicted octanol–water partition coefficient (Wildman–Crippen LogP) is 2.91. The highest BCUT2D eigenvalue weighted by molar-refractivity contribution is 6.31. The second-order valence-electron chi connectivity index (χ2n) is 3.81. The van der Waals surface area contributed by atoms with Gasteiger partial charge in [0, 0.05) is 0 Å². The summed E-state index contributed by atoms with van der Waals surface area (Å²) in [5, 5.41) is -0.0639. The van der Waals surface area contributed by atoms with Gasteiger partial charge >= 0.3 is 5.97 Å². The molecule has 2 N–H and O–H groups in total. The minimum atomic E-state index is -0.762. The first-order valence-corrected chi connectivity index (χ1v) is 5.80. The molecule has 4 nitrogen and oxygen atoms in total. The van der Waals surface area contributed by atoms with E-state index in [9.17, 15) is 9.18 Å². The molecule has 0 amide bonds. The van der Waals surface area contributed by atoms with Gasteiger partial charge in [-0.15, -0.1) is 0 Å². The van der Waals surface area contributed by atoms with E-state index in [-0.39, 0.29) is 10.8 Å². The number of carbonyl (C=O) groups is 1. The maximum absolute atomic E-state index is 13.4. The number of ether oxygens (including phenoxy) is 1. The summed E-state index contributed by atoms with van der Waals surface area (Å²) in [5.74, 6) is -0.841. The first-order valence-electron chi connectivity index (χ1n) is 5.42. The Labute approximate surface area is 113 Å². The number of esters is 1. The Hall–Kier alpha value is -1.85. The van der Waals surface area contributed by atoms with Crippen LogP contribution in [0, 0.1) is 5.82 Å². The molecule has 1 heterocycles. The van der Waals surface area contributed by atoms with Crippen LogP contribution in [0.2, 0.25) is 5.02 Å². The number of methoxy groups -OCH3 is 1. The minimum absolute atomic E-state index is 0.0282. The third kappa shape index (κ3) is 2.62. The second kappa shape index (κ2) is 5.42. The van der Waals surface area contributed by atoms with Crippen molar-refractivity contribution in [2.45, 2.75) is 6.04 Å². The zero-order chi connectivity index (χ0) is 14.0. The first kappa shape index (κ1) is 13.6. The Kier molecular flexibility index (Phi) is 3.87. The Morgan fingerprint density at radius 2 is 2.16 bits per heavy atom. The van der Waals surface area contributed by atoms with Crippen molar-refractivity contribution >= 4 is 17.6 Å².